The second-order valence-corrected chi connectivity index (χ2v) is 9.00. The Kier molecular flexibility index (Phi) is 11.4. The molecule has 0 unspecified atom stereocenters. The Morgan fingerprint density at radius 2 is 1.42 bits per heavy atom. The molecule has 0 aliphatic rings. The molecule has 13 heteroatoms. The Morgan fingerprint density at radius 1 is 0.909 bits per heavy atom. The first-order chi connectivity index (χ1) is 14.9. The van der Waals surface area contributed by atoms with E-state index < -0.39 is 71.9 Å². The number of hydrogen-bond donors (Lipinski definition) is 7. The van der Waals surface area contributed by atoms with E-state index in [1.165, 1.54) is 39.8 Å². The first-order valence-electron chi connectivity index (χ1n) is 10.4. The average Bonchev–Trinajstić information content (AvgIpc) is 2.69. The van der Waals surface area contributed by atoms with Crippen molar-refractivity contribution in [3.05, 3.63) is 0 Å². The van der Waals surface area contributed by atoms with Gasteiger partial charge in [-0.25, -0.2) is 0 Å². The minimum Gasteiger partial charge on any atom is -0.481 e. The van der Waals surface area contributed by atoms with Crippen LogP contribution < -0.4 is 21.7 Å². The van der Waals surface area contributed by atoms with Crippen molar-refractivity contribution < 1.29 is 39.3 Å². The topological polar surface area (TPSA) is 211 Å². The van der Waals surface area contributed by atoms with Gasteiger partial charge in [0, 0.05) is 14.1 Å². The minimum atomic E-state index is -1.90. The lowest BCUT2D eigenvalue weighted by atomic mass is 9.83. The summed E-state index contributed by atoms with van der Waals surface area (Å²) in [5.74, 6) is -4.94. The van der Waals surface area contributed by atoms with Gasteiger partial charge < -0.3 is 41.9 Å². The number of rotatable bonds is 12. The van der Waals surface area contributed by atoms with Crippen LogP contribution in [0.1, 0.15) is 41.0 Å². The van der Waals surface area contributed by atoms with E-state index in [2.05, 4.69) is 16.0 Å². The molecule has 33 heavy (non-hydrogen) atoms. The molecule has 0 aliphatic carbocycles. The first-order valence-corrected chi connectivity index (χ1v) is 10.4. The van der Waals surface area contributed by atoms with Gasteiger partial charge in [0.15, 0.2) is 6.29 Å². The second-order valence-electron chi connectivity index (χ2n) is 9.00. The fourth-order valence-electron chi connectivity index (χ4n) is 2.46. The SMILES string of the molecule is CC(C)[C@H](N)C(=O)N[C@H](C(=O)N[C@@H](CC(=O)N(C)C)C(=O)N[C@@H](C)C(O)O)C(C)(C)C(=O)O. The van der Waals surface area contributed by atoms with Gasteiger partial charge in [0.25, 0.3) is 0 Å². The minimum absolute atomic E-state index is 0.302. The zero-order chi connectivity index (χ0) is 26.3. The number of nitrogens with zero attached hydrogens (tertiary/aromatic N) is 1. The number of hydrogen-bond acceptors (Lipinski definition) is 8. The van der Waals surface area contributed by atoms with Crippen molar-refractivity contribution in [2.45, 2.75) is 71.5 Å². The third-order valence-corrected chi connectivity index (χ3v) is 5.17. The molecule has 4 atom stereocenters. The van der Waals surface area contributed by atoms with E-state index >= 15 is 0 Å². The van der Waals surface area contributed by atoms with Crippen LogP contribution in [0.3, 0.4) is 0 Å². The molecule has 0 saturated carbocycles. The Balaban J connectivity index is 5.97. The van der Waals surface area contributed by atoms with Crippen LogP contribution in [-0.4, -0.2) is 94.4 Å². The van der Waals surface area contributed by atoms with E-state index in [4.69, 9.17) is 5.73 Å². The standard InChI is InChI=1S/C20H37N5O8/c1-9(2)13(21)16(28)24-14(20(4,5)19(32)33)17(29)23-11(8-12(26)25(6)7)15(27)22-10(3)18(30)31/h9-11,13-14,18,30-31H,8,21H2,1-7H3,(H,22,27)(H,23,29)(H,24,28)(H,32,33)/t10-,11-,13-,14+/m0/s1. The van der Waals surface area contributed by atoms with E-state index in [1.807, 2.05) is 0 Å². The molecule has 0 aromatic carbocycles. The van der Waals surface area contributed by atoms with E-state index in [0.717, 1.165) is 0 Å². The molecule has 8 N–H and O–H groups in total. The molecule has 190 valence electrons. The molecular formula is C20H37N5O8. The molecule has 0 rings (SSSR count). The summed E-state index contributed by atoms with van der Waals surface area (Å²) in [4.78, 5) is 63.4. The average molecular weight is 476 g/mol. The molecule has 0 heterocycles. The van der Waals surface area contributed by atoms with Gasteiger partial charge in [-0.15, -0.1) is 0 Å². The quantitative estimate of drug-likeness (QED) is 0.147. The summed E-state index contributed by atoms with van der Waals surface area (Å²) < 4.78 is 0. The monoisotopic (exact) mass is 475 g/mol. The van der Waals surface area contributed by atoms with Crippen molar-refractivity contribution in [2.75, 3.05) is 14.1 Å². The molecule has 0 bridgehead atoms. The Morgan fingerprint density at radius 3 is 1.82 bits per heavy atom. The number of aliphatic hydroxyl groups is 2. The fourth-order valence-corrected chi connectivity index (χ4v) is 2.46. The number of amides is 4. The number of carboxylic acids is 1. The molecule has 13 nitrogen and oxygen atoms in total. The Bertz CT molecular complexity index is 738. The summed E-state index contributed by atoms with van der Waals surface area (Å²) in [5, 5.41) is 34.9. The van der Waals surface area contributed by atoms with E-state index in [1.54, 1.807) is 13.8 Å². The largest absolute Gasteiger partial charge is 0.481 e. The summed E-state index contributed by atoms with van der Waals surface area (Å²) in [6.07, 6.45) is -2.40. The van der Waals surface area contributed by atoms with Crippen LogP contribution in [0.15, 0.2) is 0 Å². The lowest BCUT2D eigenvalue weighted by Gasteiger charge is -2.33. The van der Waals surface area contributed by atoms with Gasteiger partial charge in [0.2, 0.25) is 23.6 Å². The number of carboxylic acid groups (broad SMARTS) is 1. The lowest BCUT2D eigenvalue weighted by Crippen LogP contribution is -2.63. The van der Waals surface area contributed by atoms with E-state index in [9.17, 15) is 39.3 Å². The molecule has 0 fully saturated rings. The molecule has 0 aromatic rings. The summed E-state index contributed by atoms with van der Waals surface area (Å²) >= 11 is 0. The van der Waals surface area contributed by atoms with Gasteiger partial charge in [-0.05, 0) is 26.7 Å². The molecule has 0 aromatic heterocycles. The van der Waals surface area contributed by atoms with Crippen LogP contribution in [0.25, 0.3) is 0 Å². The highest BCUT2D eigenvalue weighted by atomic mass is 16.5. The fraction of sp³-hybridized carbons (Fsp3) is 0.750. The Hall–Kier alpha value is -2.77. The normalized spacial score (nSPS) is 15.3. The Labute approximate surface area is 193 Å². The smallest absolute Gasteiger partial charge is 0.311 e. The zero-order valence-corrected chi connectivity index (χ0v) is 20.1. The van der Waals surface area contributed by atoms with Gasteiger partial charge in [0.05, 0.1) is 23.9 Å². The van der Waals surface area contributed by atoms with Crippen molar-refractivity contribution in [1.29, 1.82) is 0 Å². The van der Waals surface area contributed by atoms with Gasteiger partial charge in [-0.2, -0.15) is 0 Å². The van der Waals surface area contributed by atoms with Crippen molar-refractivity contribution in [3.8, 4) is 0 Å². The number of carbonyl (C=O) groups excluding carboxylic acids is 4. The third-order valence-electron chi connectivity index (χ3n) is 5.17. The van der Waals surface area contributed by atoms with Gasteiger partial charge in [0.1, 0.15) is 12.1 Å². The number of nitrogens with two attached hydrogens (primary N) is 1. The van der Waals surface area contributed by atoms with E-state index in [0.29, 0.717) is 0 Å². The van der Waals surface area contributed by atoms with Crippen LogP contribution in [0, 0.1) is 11.3 Å². The number of nitrogens with one attached hydrogen (secondary N) is 3. The van der Waals surface area contributed by atoms with Crippen molar-refractivity contribution in [2.24, 2.45) is 17.1 Å². The first kappa shape index (κ1) is 30.2. The maximum absolute atomic E-state index is 13.1. The number of aliphatic hydroxyl groups excluding tert-OH is 1. The summed E-state index contributed by atoms with van der Waals surface area (Å²) in [5.41, 5.74) is 4.00. The molecular weight excluding hydrogens is 438 g/mol. The van der Waals surface area contributed by atoms with Crippen molar-refractivity contribution in [3.63, 3.8) is 0 Å². The van der Waals surface area contributed by atoms with E-state index in [-0.39, 0.29) is 5.92 Å². The van der Waals surface area contributed by atoms with Crippen LogP contribution in [0.4, 0.5) is 0 Å². The van der Waals surface area contributed by atoms with Crippen LogP contribution in [0.5, 0.6) is 0 Å². The van der Waals surface area contributed by atoms with Gasteiger partial charge in [-0.3, -0.25) is 24.0 Å². The highest BCUT2D eigenvalue weighted by molar-refractivity contribution is 5.98. The predicted octanol–water partition coefficient (Wildman–Crippen LogP) is -2.66. The maximum atomic E-state index is 13.1. The molecule has 0 radical (unpaired) electrons. The number of carbonyl (C=O) groups is 5. The van der Waals surface area contributed by atoms with Crippen molar-refractivity contribution in [1.82, 2.24) is 20.9 Å². The molecule has 4 amide bonds. The van der Waals surface area contributed by atoms with Crippen LogP contribution in [-0.2, 0) is 24.0 Å². The summed E-state index contributed by atoms with van der Waals surface area (Å²) in [6, 6.07) is -5.28. The number of aliphatic carboxylic acids is 1. The lowest BCUT2D eigenvalue weighted by molar-refractivity contribution is -0.153. The second kappa shape index (κ2) is 12.5. The summed E-state index contributed by atoms with van der Waals surface area (Å²) in [6.45, 7) is 7.06. The van der Waals surface area contributed by atoms with Crippen LogP contribution >= 0.6 is 0 Å². The van der Waals surface area contributed by atoms with Gasteiger partial charge >= 0.3 is 5.97 Å². The maximum Gasteiger partial charge on any atom is 0.311 e. The molecule has 0 saturated heterocycles. The summed E-state index contributed by atoms with van der Waals surface area (Å²) in [7, 11) is 2.87. The third kappa shape index (κ3) is 8.94. The highest BCUT2D eigenvalue weighted by Gasteiger charge is 2.44. The zero-order valence-electron chi connectivity index (χ0n) is 20.1. The van der Waals surface area contributed by atoms with Crippen molar-refractivity contribution >= 4 is 29.6 Å². The molecule has 0 aliphatic heterocycles. The van der Waals surface area contributed by atoms with Gasteiger partial charge in [-0.1, -0.05) is 13.8 Å². The van der Waals surface area contributed by atoms with Crippen LogP contribution in [0.2, 0.25) is 0 Å². The highest BCUT2D eigenvalue weighted by Crippen LogP contribution is 2.22. The predicted molar refractivity (Wildman–Crippen MR) is 117 cm³/mol. The molecule has 0 spiro atoms.